The molecule has 6 nitrogen and oxygen atoms in total. The van der Waals surface area contributed by atoms with E-state index < -0.39 is 11.9 Å². The lowest BCUT2D eigenvalue weighted by Crippen LogP contribution is -2.33. The topological polar surface area (TPSA) is 80.0 Å². The highest BCUT2D eigenvalue weighted by atomic mass is 35.5. The Morgan fingerprint density at radius 3 is 2.81 bits per heavy atom. The van der Waals surface area contributed by atoms with Gasteiger partial charge in [0.05, 0.1) is 0 Å². The van der Waals surface area contributed by atoms with Gasteiger partial charge in [0.25, 0.3) is 5.91 Å². The number of hydrogen-bond acceptors (Lipinski definition) is 4. The summed E-state index contributed by atoms with van der Waals surface area (Å²) in [5.74, 6) is 6.22. The smallest absolute Gasteiger partial charge is 0.268 e. The number of carbonyl (C=O) groups is 1. The van der Waals surface area contributed by atoms with Crippen LogP contribution in [0.2, 0.25) is 5.15 Å². The van der Waals surface area contributed by atoms with Crippen LogP contribution in [0.5, 0.6) is 0 Å². The largest absolute Gasteiger partial charge is 0.289 e. The van der Waals surface area contributed by atoms with Gasteiger partial charge in [-0.3, -0.25) is 10.0 Å². The maximum atomic E-state index is 12.5. The average molecular weight is 381 g/mol. The molecule has 0 radical (unpaired) electrons. The van der Waals surface area contributed by atoms with Crippen molar-refractivity contribution in [2.45, 2.75) is 25.3 Å². The summed E-state index contributed by atoms with van der Waals surface area (Å²) in [5.41, 5.74) is 3.78. The van der Waals surface area contributed by atoms with Gasteiger partial charge in [-0.1, -0.05) is 47.9 Å². The SMILES string of the molecule is O=C(NO)C(Cc1ccccc1)n1nc2c(Cl)nccc2c1C#CC1CC1. The molecule has 1 unspecified atom stereocenters. The van der Waals surface area contributed by atoms with Crippen molar-refractivity contribution in [3.8, 4) is 11.8 Å². The summed E-state index contributed by atoms with van der Waals surface area (Å²) in [5, 5.41) is 14.8. The van der Waals surface area contributed by atoms with Gasteiger partial charge in [0.1, 0.15) is 17.3 Å². The fourth-order valence-electron chi connectivity index (χ4n) is 2.95. The van der Waals surface area contributed by atoms with E-state index in [-0.39, 0.29) is 5.15 Å². The highest BCUT2D eigenvalue weighted by Crippen LogP contribution is 2.30. The van der Waals surface area contributed by atoms with E-state index in [0.29, 0.717) is 23.5 Å². The molecule has 1 aliphatic rings. The second kappa shape index (κ2) is 7.39. The molecule has 1 amide bonds. The Kier molecular flexibility index (Phi) is 4.80. The number of carbonyl (C=O) groups excluding carboxylic acids is 1. The van der Waals surface area contributed by atoms with Crippen LogP contribution in [0.1, 0.15) is 30.1 Å². The molecule has 0 bridgehead atoms. The summed E-state index contributed by atoms with van der Waals surface area (Å²) < 4.78 is 1.55. The molecular weight excluding hydrogens is 364 g/mol. The fraction of sp³-hybridized carbons (Fsp3) is 0.250. The van der Waals surface area contributed by atoms with Crippen LogP contribution in [0.25, 0.3) is 10.9 Å². The number of benzene rings is 1. The molecule has 0 saturated heterocycles. The van der Waals surface area contributed by atoms with Gasteiger partial charge in [-0.05, 0) is 30.4 Å². The zero-order valence-electron chi connectivity index (χ0n) is 14.4. The van der Waals surface area contributed by atoms with Gasteiger partial charge in [-0.15, -0.1) is 0 Å². The third-order valence-electron chi connectivity index (χ3n) is 4.52. The third-order valence-corrected chi connectivity index (χ3v) is 4.80. The summed E-state index contributed by atoms with van der Waals surface area (Å²) >= 11 is 6.21. The molecule has 1 saturated carbocycles. The van der Waals surface area contributed by atoms with Gasteiger partial charge in [-0.25, -0.2) is 15.1 Å². The molecule has 4 rings (SSSR count). The van der Waals surface area contributed by atoms with Crippen LogP contribution in [0.15, 0.2) is 42.6 Å². The average Bonchev–Trinajstić information content (AvgIpc) is 3.45. The molecule has 136 valence electrons. The minimum Gasteiger partial charge on any atom is -0.289 e. The Morgan fingerprint density at radius 1 is 1.33 bits per heavy atom. The van der Waals surface area contributed by atoms with Crippen LogP contribution in [0.4, 0.5) is 0 Å². The number of hydrogen-bond donors (Lipinski definition) is 2. The molecule has 2 aromatic heterocycles. The van der Waals surface area contributed by atoms with Crippen molar-refractivity contribution in [2.24, 2.45) is 5.92 Å². The number of nitrogens with zero attached hydrogens (tertiary/aromatic N) is 3. The Balaban J connectivity index is 1.85. The third kappa shape index (κ3) is 3.65. The van der Waals surface area contributed by atoms with Crippen LogP contribution in [-0.4, -0.2) is 25.9 Å². The molecule has 1 fully saturated rings. The van der Waals surface area contributed by atoms with Crippen LogP contribution in [0.3, 0.4) is 0 Å². The normalized spacial score (nSPS) is 14.4. The van der Waals surface area contributed by atoms with Crippen LogP contribution < -0.4 is 5.48 Å². The predicted molar refractivity (Wildman–Crippen MR) is 101 cm³/mol. The lowest BCUT2D eigenvalue weighted by molar-refractivity contribution is -0.132. The van der Waals surface area contributed by atoms with Crippen molar-refractivity contribution in [1.82, 2.24) is 20.2 Å². The van der Waals surface area contributed by atoms with Crippen molar-refractivity contribution in [2.75, 3.05) is 0 Å². The maximum absolute atomic E-state index is 12.5. The highest BCUT2D eigenvalue weighted by molar-refractivity contribution is 6.33. The van der Waals surface area contributed by atoms with E-state index in [1.807, 2.05) is 30.3 Å². The van der Waals surface area contributed by atoms with Gasteiger partial charge in [-0.2, -0.15) is 5.10 Å². The van der Waals surface area contributed by atoms with E-state index in [4.69, 9.17) is 11.6 Å². The first kappa shape index (κ1) is 17.5. The molecule has 0 aliphatic heterocycles. The molecule has 27 heavy (non-hydrogen) atoms. The number of nitrogens with one attached hydrogen (secondary N) is 1. The summed E-state index contributed by atoms with van der Waals surface area (Å²) in [6, 6.07) is 10.6. The highest BCUT2D eigenvalue weighted by Gasteiger charge is 2.26. The number of hydroxylamine groups is 1. The molecule has 2 heterocycles. The summed E-state index contributed by atoms with van der Waals surface area (Å²) in [7, 11) is 0. The van der Waals surface area contributed by atoms with E-state index in [2.05, 4.69) is 21.9 Å². The number of amides is 1. The first-order chi connectivity index (χ1) is 13.2. The van der Waals surface area contributed by atoms with Crippen molar-refractivity contribution < 1.29 is 10.0 Å². The Bertz CT molecular complexity index is 1050. The molecule has 3 aromatic rings. The molecule has 2 N–H and O–H groups in total. The lowest BCUT2D eigenvalue weighted by Gasteiger charge is -2.17. The molecule has 1 aliphatic carbocycles. The van der Waals surface area contributed by atoms with E-state index >= 15 is 0 Å². The first-order valence-electron chi connectivity index (χ1n) is 8.69. The Labute approximate surface area is 161 Å². The minimum absolute atomic E-state index is 0.253. The quantitative estimate of drug-likeness (QED) is 0.315. The number of fused-ring (bicyclic) bond motifs is 1. The van der Waals surface area contributed by atoms with E-state index in [1.165, 1.54) is 0 Å². The van der Waals surface area contributed by atoms with Crippen LogP contribution in [0, 0.1) is 17.8 Å². The van der Waals surface area contributed by atoms with Crippen LogP contribution >= 0.6 is 11.6 Å². The monoisotopic (exact) mass is 380 g/mol. The number of pyridine rings is 1. The minimum atomic E-state index is -0.774. The lowest BCUT2D eigenvalue weighted by atomic mass is 10.1. The molecular formula is C20H17ClN4O2. The van der Waals surface area contributed by atoms with Crippen molar-refractivity contribution in [1.29, 1.82) is 0 Å². The molecule has 1 aromatic carbocycles. The zero-order valence-corrected chi connectivity index (χ0v) is 15.1. The van der Waals surface area contributed by atoms with Crippen molar-refractivity contribution >= 4 is 28.4 Å². The van der Waals surface area contributed by atoms with Gasteiger partial charge in [0.2, 0.25) is 0 Å². The first-order valence-corrected chi connectivity index (χ1v) is 9.07. The molecule has 0 spiro atoms. The Hall–Kier alpha value is -2.88. The summed E-state index contributed by atoms with van der Waals surface area (Å²) in [4.78, 5) is 16.5. The second-order valence-electron chi connectivity index (χ2n) is 6.52. The van der Waals surface area contributed by atoms with Gasteiger partial charge in [0, 0.05) is 23.9 Å². The Morgan fingerprint density at radius 2 is 2.11 bits per heavy atom. The standard InChI is InChI=1S/C20H17ClN4O2/c21-19-18-15(10-11-22-19)16(9-8-13-6-7-13)25(23-18)17(20(26)24-27)12-14-4-2-1-3-5-14/h1-5,10-11,13,17,27H,6-7,12H2,(H,24,26). The van der Waals surface area contributed by atoms with Gasteiger partial charge in [0.15, 0.2) is 5.15 Å². The van der Waals surface area contributed by atoms with Crippen LogP contribution in [-0.2, 0) is 11.2 Å². The van der Waals surface area contributed by atoms with Gasteiger partial charge < -0.3 is 0 Å². The maximum Gasteiger partial charge on any atom is 0.268 e. The van der Waals surface area contributed by atoms with Crippen molar-refractivity contribution in [3.63, 3.8) is 0 Å². The van der Waals surface area contributed by atoms with E-state index in [1.54, 1.807) is 22.4 Å². The van der Waals surface area contributed by atoms with E-state index in [0.717, 1.165) is 23.8 Å². The molecule has 1 atom stereocenters. The number of aromatic nitrogens is 3. The van der Waals surface area contributed by atoms with Gasteiger partial charge >= 0.3 is 0 Å². The summed E-state index contributed by atoms with van der Waals surface area (Å²) in [6.45, 7) is 0. The summed E-state index contributed by atoms with van der Waals surface area (Å²) in [6.07, 6.45) is 4.12. The van der Waals surface area contributed by atoms with E-state index in [9.17, 15) is 10.0 Å². The zero-order chi connectivity index (χ0) is 18.8. The fourth-order valence-corrected chi connectivity index (χ4v) is 3.14. The second-order valence-corrected chi connectivity index (χ2v) is 6.87. The predicted octanol–water partition coefficient (Wildman–Crippen LogP) is 3.14. The number of halogens is 1. The number of rotatable bonds is 4. The van der Waals surface area contributed by atoms with Crippen molar-refractivity contribution in [3.05, 3.63) is 59.0 Å². The molecule has 7 heteroatoms.